The van der Waals surface area contributed by atoms with Crippen molar-refractivity contribution in [3.8, 4) is 0 Å². The molecular formula is C21H20ClN3O. The van der Waals surface area contributed by atoms with Gasteiger partial charge < -0.3 is 10.2 Å². The van der Waals surface area contributed by atoms with E-state index >= 15 is 0 Å². The molecule has 0 radical (unpaired) electrons. The van der Waals surface area contributed by atoms with Crippen LogP contribution < -0.4 is 10.2 Å². The maximum Gasteiger partial charge on any atom is 0.274 e. The summed E-state index contributed by atoms with van der Waals surface area (Å²) in [4.78, 5) is 18.9. The van der Waals surface area contributed by atoms with Gasteiger partial charge in [0, 0.05) is 25.0 Å². The second-order valence-electron chi connectivity index (χ2n) is 5.83. The number of carbonyl (C=O) groups excluding carboxylic acids is 1. The minimum absolute atomic E-state index is 0.282. The van der Waals surface area contributed by atoms with Gasteiger partial charge in [0.2, 0.25) is 0 Å². The highest BCUT2D eigenvalue weighted by Crippen LogP contribution is 2.22. The van der Waals surface area contributed by atoms with Crippen molar-refractivity contribution in [1.82, 2.24) is 4.98 Å². The summed E-state index contributed by atoms with van der Waals surface area (Å²) in [6, 6.07) is 21.1. The number of hydrogen-bond acceptors (Lipinski definition) is 3. The molecule has 0 spiro atoms. The Kier molecular flexibility index (Phi) is 5.87. The Morgan fingerprint density at radius 1 is 1.08 bits per heavy atom. The SMILES string of the molecule is CCN(Cc1ccccc1)c1ccnc(C(=O)Nc2ccccc2Cl)c1. The summed E-state index contributed by atoms with van der Waals surface area (Å²) in [5.74, 6) is -0.282. The summed E-state index contributed by atoms with van der Waals surface area (Å²) >= 11 is 6.11. The van der Waals surface area contributed by atoms with Crippen LogP contribution in [-0.4, -0.2) is 17.4 Å². The zero-order valence-electron chi connectivity index (χ0n) is 14.5. The number of carbonyl (C=O) groups is 1. The molecule has 0 aliphatic carbocycles. The Hall–Kier alpha value is -2.85. The topological polar surface area (TPSA) is 45.2 Å². The lowest BCUT2D eigenvalue weighted by Gasteiger charge is -2.23. The number of aromatic nitrogens is 1. The van der Waals surface area contributed by atoms with Gasteiger partial charge in [-0.25, -0.2) is 0 Å². The fourth-order valence-corrected chi connectivity index (χ4v) is 2.86. The zero-order chi connectivity index (χ0) is 18.4. The van der Waals surface area contributed by atoms with Crippen LogP contribution in [-0.2, 0) is 6.54 Å². The smallest absolute Gasteiger partial charge is 0.274 e. The third kappa shape index (κ3) is 4.41. The van der Waals surface area contributed by atoms with Gasteiger partial charge >= 0.3 is 0 Å². The lowest BCUT2D eigenvalue weighted by Crippen LogP contribution is -2.23. The summed E-state index contributed by atoms with van der Waals surface area (Å²) < 4.78 is 0. The largest absolute Gasteiger partial charge is 0.367 e. The lowest BCUT2D eigenvalue weighted by molar-refractivity contribution is 0.102. The van der Waals surface area contributed by atoms with Gasteiger partial charge in [0.25, 0.3) is 5.91 Å². The quantitative estimate of drug-likeness (QED) is 0.667. The monoisotopic (exact) mass is 365 g/mol. The van der Waals surface area contributed by atoms with Crippen LogP contribution in [0.25, 0.3) is 0 Å². The zero-order valence-corrected chi connectivity index (χ0v) is 15.3. The standard InChI is InChI=1S/C21H20ClN3O/c1-2-25(15-16-8-4-3-5-9-16)17-12-13-23-20(14-17)21(26)24-19-11-7-6-10-18(19)22/h3-14H,2,15H2,1H3,(H,24,26). The van der Waals surface area contributed by atoms with Crippen LogP contribution >= 0.6 is 11.6 Å². The summed E-state index contributed by atoms with van der Waals surface area (Å²) in [5, 5.41) is 3.30. The van der Waals surface area contributed by atoms with Crippen molar-refractivity contribution in [3.63, 3.8) is 0 Å². The van der Waals surface area contributed by atoms with Crippen molar-refractivity contribution >= 4 is 28.9 Å². The van der Waals surface area contributed by atoms with Gasteiger partial charge in [-0.05, 0) is 36.8 Å². The number of hydrogen-bond donors (Lipinski definition) is 1. The van der Waals surface area contributed by atoms with E-state index in [0.29, 0.717) is 16.4 Å². The van der Waals surface area contributed by atoms with Crippen molar-refractivity contribution in [1.29, 1.82) is 0 Å². The third-order valence-corrected chi connectivity index (χ3v) is 4.39. The number of anilines is 2. The minimum Gasteiger partial charge on any atom is -0.367 e. The van der Waals surface area contributed by atoms with E-state index in [4.69, 9.17) is 11.6 Å². The summed E-state index contributed by atoms with van der Waals surface area (Å²) in [7, 11) is 0. The summed E-state index contributed by atoms with van der Waals surface area (Å²) in [5.41, 5.74) is 3.10. The Morgan fingerprint density at radius 3 is 2.54 bits per heavy atom. The molecule has 0 unspecified atom stereocenters. The molecule has 1 aromatic heterocycles. The molecule has 5 heteroatoms. The molecule has 0 aliphatic heterocycles. The van der Waals surface area contributed by atoms with E-state index in [1.165, 1.54) is 5.56 Å². The van der Waals surface area contributed by atoms with E-state index in [9.17, 15) is 4.79 Å². The van der Waals surface area contributed by atoms with Crippen LogP contribution in [0.4, 0.5) is 11.4 Å². The molecule has 0 atom stereocenters. The normalized spacial score (nSPS) is 10.4. The first-order valence-corrected chi connectivity index (χ1v) is 8.86. The Morgan fingerprint density at radius 2 is 1.81 bits per heavy atom. The van der Waals surface area contributed by atoms with E-state index in [0.717, 1.165) is 18.8 Å². The number of nitrogens with zero attached hydrogens (tertiary/aromatic N) is 2. The molecule has 0 aliphatic rings. The molecule has 4 nitrogen and oxygen atoms in total. The first kappa shape index (κ1) is 18.0. The fraction of sp³-hybridized carbons (Fsp3) is 0.143. The summed E-state index contributed by atoms with van der Waals surface area (Å²) in [6.07, 6.45) is 1.66. The molecular weight excluding hydrogens is 346 g/mol. The molecule has 0 saturated heterocycles. The fourth-order valence-electron chi connectivity index (χ4n) is 2.68. The van der Waals surface area contributed by atoms with Gasteiger partial charge in [-0.3, -0.25) is 9.78 Å². The Balaban J connectivity index is 1.78. The number of nitrogens with one attached hydrogen (secondary N) is 1. The number of rotatable bonds is 6. The number of pyridine rings is 1. The molecule has 0 bridgehead atoms. The van der Waals surface area contributed by atoms with Gasteiger partial charge in [0.1, 0.15) is 5.69 Å². The van der Waals surface area contributed by atoms with Gasteiger partial charge in [-0.2, -0.15) is 0 Å². The average Bonchev–Trinajstić information content (AvgIpc) is 2.69. The first-order valence-electron chi connectivity index (χ1n) is 8.48. The maximum atomic E-state index is 12.5. The Bertz CT molecular complexity index is 883. The molecule has 1 N–H and O–H groups in total. The van der Waals surface area contributed by atoms with E-state index in [1.54, 1.807) is 24.4 Å². The highest BCUT2D eigenvalue weighted by atomic mass is 35.5. The second-order valence-corrected chi connectivity index (χ2v) is 6.24. The molecule has 1 amide bonds. The third-order valence-electron chi connectivity index (χ3n) is 4.06. The molecule has 3 aromatic rings. The number of amides is 1. The summed E-state index contributed by atoms with van der Waals surface area (Å²) in [6.45, 7) is 3.68. The average molecular weight is 366 g/mol. The number of benzene rings is 2. The maximum absolute atomic E-state index is 12.5. The van der Waals surface area contributed by atoms with Gasteiger partial charge in [-0.1, -0.05) is 54.1 Å². The van der Waals surface area contributed by atoms with E-state index in [2.05, 4.69) is 34.3 Å². The predicted octanol–water partition coefficient (Wildman–Crippen LogP) is 5.01. The molecule has 132 valence electrons. The van der Waals surface area contributed by atoms with Crippen molar-refractivity contribution in [2.75, 3.05) is 16.8 Å². The highest BCUT2D eigenvalue weighted by Gasteiger charge is 2.13. The highest BCUT2D eigenvalue weighted by molar-refractivity contribution is 6.33. The van der Waals surface area contributed by atoms with Crippen LogP contribution in [0.5, 0.6) is 0 Å². The van der Waals surface area contributed by atoms with Crippen LogP contribution in [0.3, 0.4) is 0 Å². The van der Waals surface area contributed by atoms with E-state index in [1.807, 2.05) is 36.4 Å². The lowest BCUT2D eigenvalue weighted by atomic mass is 10.2. The van der Waals surface area contributed by atoms with Crippen molar-refractivity contribution < 1.29 is 4.79 Å². The van der Waals surface area contributed by atoms with Crippen molar-refractivity contribution in [2.45, 2.75) is 13.5 Å². The van der Waals surface area contributed by atoms with Crippen LogP contribution in [0, 0.1) is 0 Å². The van der Waals surface area contributed by atoms with Gasteiger partial charge in [-0.15, -0.1) is 0 Å². The van der Waals surface area contributed by atoms with Crippen LogP contribution in [0.1, 0.15) is 23.0 Å². The van der Waals surface area contributed by atoms with E-state index in [-0.39, 0.29) is 5.91 Å². The molecule has 1 heterocycles. The van der Waals surface area contributed by atoms with Crippen molar-refractivity contribution in [3.05, 3.63) is 89.2 Å². The van der Waals surface area contributed by atoms with Crippen LogP contribution in [0.15, 0.2) is 72.9 Å². The second kappa shape index (κ2) is 8.50. The first-order chi connectivity index (χ1) is 12.7. The number of para-hydroxylation sites is 1. The molecule has 2 aromatic carbocycles. The Labute approximate surface area is 158 Å². The van der Waals surface area contributed by atoms with Gasteiger partial charge in [0.15, 0.2) is 0 Å². The predicted molar refractivity (Wildman–Crippen MR) is 107 cm³/mol. The minimum atomic E-state index is -0.282. The van der Waals surface area contributed by atoms with Crippen molar-refractivity contribution in [2.24, 2.45) is 0 Å². The van der Waals surface area contributed by atoms with Gasteiger partial charge in [0.05, 0.1) is 10.7 Å². The van der Waals surface area contributed by atoms with Crippen LogP contribution in [0.2, 0.25) is 5.02 Å². The molecule has 26 heavy (non-hydrogen) atoms. The molecule has 0 saturated carbocycles. The molecule has 0 fully saturated rings. The van der Waals surface area contributed by atoms with E-state index < -0.39 is 0 Å². The molecule has 3 rings (SSSR count). The number of halogens is 1.